The molecule has 2 aromatic rings. The molecule has 2 nitrogen and oxygen atoms in total. The Hall–Kier alpha value is -1.28. The van der Waals surface area contributed by atoms with Gasteiger partial charge in [-0.15, -0.1) is 0 Å². The first kappa shape index (κ1) is 15.1. The topological polar surface area (TPSA) is 41.8 Å². The number of unbranched alkanes of at least 4 members (excludes halogenated alkanes) is 7. The summed E-state index contributed by atoms with van der Waals surface area (Å²) in [6, 6.07) is 8.59. The van der Waals surface area contributed by atoms with Crippen LogP contribution in [-0.4, -0.2) is 11.5 Å². The highest BCUT2D eigenvalue weighted by atomic mass is 14.7. The van der Waals surface area contributed by atoms with E-state index >= 15 is 0 Å². The average Bonchev–Trinajstić information content (AvgIpc) is 2.89. The number of nitrogens with one attached hydrogen (secondary N) is 1. The second kappa shape index (κ2) is 8.80. The number of fused-ring (bicyclic) bond motifs is 1. The monoisotopic (exact) mass is 272 g/mol. The van der Waals surface area contributed by atoms with Gasteiger partial charge in [0.05, 0.1) is 0 Å². The number of aromatic nitrogens is 1. The molecule has 1 heterocycles. The van der Waals surface area contributed by atoms with Crippen molar-refractivity contribution in [3.8, 4) is 0 Å². The highest BCUT2D eigenvalue weighted by Gasteiger charge is 2.02. The molecule has 1 aromatic carbocycles. The number of hydrogen-bond acceptors (Lipinski definition) is 1. The Morgan fingerprint density at radius 2 is 1.45 bits per heavy atom. The van der Waals surface area contributed by atoms with Crippen molar-refractivity contribution in [1.29, 1.82) is 0 Å². The van der Waals surface area contributed by atoms with Crippen LogP contribution >= 0.6 is 0 Å². The number of H-pyrrole nitrogens is 1. The van der Waals surface area contributed by atoms with Gasteiger partial charge in [0.2, 0.25) is 0 Å². The van der Waals surface area contributed by atoms with Gasteiger partial charge < -0.3 is 10.7 Å². The molecule has 20 heavy (non-hydrogen) atoms. The van der Waals surface area contributed by atoms with E-state index in [9.17, 15) is 0 Å². The lowest BCUT2D eigenvalue weighted by Gasteiger charge is -2.02. The Balaban J connectivity index is 1.57. The van der Waals surface area contributed by atoms with Gasteiger partial charge in [-0.25, -0.2) is 0 Å². The molecule has 0 radical (unpaired) electrons. The maximum absolute atomic E-state index is 5.49. The van der Waals surface area contributed by atoms with Crippen molar-refractivity contribution in [2.45, 2.75) is 57.8 Å². The molecule has 0 spiro atoms. The van der Waals surface area contributed by atoms with E-state index in [0.29, 0.717) is 0 Å². The first-order valence-corrected chi connectivity index (χ1v) is 8.17. The summed E-state index contributed by atoms with van der Waals surface area (Å²) in [5.74, 6) is 0. The van der Waals surface area contributed by atoms with E-state index in [2.05, 4.69) is 35.4 Å². The number of aromatic amines is 1. The second-order valence-electron chi connectivity index (χ2n) is 5.73. The van der Waals surface area contributed by atoms with Crippen molar-refractivity contribution in [2.24, 2.45) is 5.73 Å². The zero-order valence-corrected chi connectivity index (χ0v) is 12.5. The highest BCUT2D eigenvalue weighted by Crippen LogP contribution is 2.20. The predicted octanol–water partition coefficient (Wildman–Crippen LogP) is 4.79. The Bertz CT molecular complexity index is 487. The fourth-order valence-corrected chi connectivity index (χ4v) is 2.86. The molecule has 0 unspecified atom stereocenters. The fourth-order valence-electron chi connectivity index (χ4n) is 2.86. The van der Waals surface area contributed by atoms with Gasteiger partial charge in [-0.05, 0) is 37.4 Å². The van der Waals surface area contributed by atoms with Gasteiger partial charge in [-0.2, -0.15) is 0 Å². The van der Waals surface area contributed by atoms with Crippen molar-refractivity contribution in [2.75, 3.05) is 6.54 Å². The van der Waals surface area contributed by atoms with Crippen molar-refractivity contribution in [3.05, 3.63) is 36.0 Å². The lowest BCUT2D eigenvalue weighted by atomic mass is 10.0. The molecule has 1 aromatic heterocycles. The van der Waals surface area contributed by atoms with Crippen LogP contribution in [0.2, 0.25) is 0 Å². The SMILES string of the molecule is NCCCCCCCCCCc1c[nH]c2ccccc12. The lowest BCUT2D eigenvalue weighted by Crippen LogP contribution is -1.97. The molecule has 110 valence electrons. The first-order valence-electron chi connectivity index (χ1n) is 8.17. The molecule has 0 saturated carbocycles. The van der Waals surface area contributed by atoms with Crippen LogP contribution in [-0.2, 0) is 6.42 Å². The van der Waals surface area contributed by atoms with E-state index in [1.54, 1.807) is 0 Å². The molecule has 2 rings (SSSR count). The third kappa shape index (κ3) is 4.68. The number of aryl methyl sites for hydroxylation is 1. The molecule has 2 heteroatoms. The molecule has 0 amide bonds. The number of para-hydroxylation sites is 1. The van der Waals surface area contributed by atoms with E-state index < -0.39 is 0 Å². The smallest absolute Gasteiger partial charge is 0.0456 e. The van der Waals surface area contributed by atoms with Crippen LogP contribution in [0.1, 0.15) is 56.9 Å². The summed E-state index contributed by atoms with van der Waals surface area (Å²) in [7, 11) is 0. The first-order chi connectivity index (χ1) is 9.92. The minimum atomic E-state index is 0.852. The molecular formula is C18H28N2. The Morgan fingerprint density at radius 1 is 0.800 bits per heavy atom. The van der Waals surface area contributed by atoms with Gasteiger partial charge in [0, 0.05) is 17.1 Å². The summed E-state index contributed by atoms with van der Waals surface area (Å²) in [4.78, 5) is 3.36. The van der Waals surface area contributed by atoms with Crippen LogP contribution in [0.4, 0.5) is 0 Å². The van der Waals surface area contributed by atoms with Crippen LogP contribution in [0.3, 0.4) is 0 Å². The minimum Gasteiger partial charge on any atom is -0.361 e. The Labute approximate surface area is 122 Å². The van der Waals surface area contributed by atoms with Crippen LogP contribution in [0.5, 0.6) is 0 Å². The predicted molar refractivity (Wildman–Crippen MR) is 88.0 cm³/mol. The number of benzene rings is 1. The van der Waals surface area contributed by atoms with Crippen molar-refractivity contribution < 1.29 is 0 Å². The molecular weight excluding hydrogens is 244 g/mol. The maximum Gasteiger partial charge on any atom is 0.0456 e. The molecule has 0 bridgehead atoms. The lowest BCUT2D eigenvalue weighted by molar-refractivity contribution is 0.570. The van der Waals surface area contributed by atoms with E-state index in [1.807, 2.05) is 0 Å². The summed E-state index contributed by atoms with van der Waals surface area (Å²) >= 11 is 0. The summed E-state index contributed by atoms with van der Waals surface area (Å²) in [5.41, 5.74) is 8.23. The van der Waals surface area contributed by atoms with Gasteiger partial charge in [0.1, 0.15) is 0 Å². The standard InChI is InChI=1S/C18H28N2/c19-14-10-6-4-2-1-3-5-7-11-16-15-20-18-13-9-8-12-17(16)18/h8-9,12-13,15,20H,1-7,10-11,14,19H2. The summed E-state index contributed by atoms with van der Waals surface area (Å²) in [6.07, 6.45) is 14.1. The summed E-state index contributed by atoms with van der Waals surface area (Å²) < 4.78 is 0. The van der Waals surface area contributed by atoms with Crippen LogP contribution < -0.4 is 5.73 Å². The molecule has 0 fully saturated rings. The number of hydrogen-bond donors (Lipinski definition) is 2. The van der Waals surface area contributed by atoms with E-state index in [1.165, 1.54) is 74.3 Å². The molecule has 0 aliphatic heterocycles. The largest absolute Gasteiger partial charge is 0.361 e. The van der Waals surface area contributed by atoms with Gasteiger partial charge in [-0.3, -0.25) is 0 Å². The summed E-state index contributed by atoms with van der Waals surface area (Å²) in [5, 5.41) is 1.40. The Kier molecular flexibility index (Phi) is 6.65. The van der Waals surface area contributed by atoms with Crippen LogP contribution in [0.25, 0.3) is 10.9 Å². The third-order valence-corrected chi connectivity index (χ3v) is 4.08. The van der Waals surface area contributed by atoms with E-state index in [4.69, 9.17) is 5.73 Å². The fraction of sp³-hybridized carbons (Fsp3) is 0.556. The van der Waals surface area contributed by atoms with Crippen LogP contribution in [0.15, 0.2) is 30.5 Å². The quantitative estimate of drug-likeness (QED) is 0.600. The highest BCUT2D eigenvalue weighted by molar-refractivity contribution is 5.82. The van der Waals surface area contributed by atoms with Gasteiger partial charge in [0.15, 0.2) is 0 Å². The van der Waals surface area contributed by atoms with Crippen LogP contribution in [0, 0.1) is 0 Å². The summed E-state index contributed by atoms with van der Waals surface area (Å²) in [6.45, 7) is 0.852. The van der Waals surface area contributed by atoms with Gasteiger partial charge in [-0.1, -0.05) is 56.7 Å². The van der Waals surface area contributed by atoms with Crippen molar-refractivity contribution >= 4 is 10.9 Å². The minimum absolute atomic E-state index is 0.852. The number of nitrogens with two attached hydrogens (primary N) is 1. The molecule has 0 saturated heterocycles. The molecule has 0 atom stereocenters. The zero-order valence-electron chi connectivity index (χ0n) is 12.5. The van der Waals surface area contributed by atoms with Gasteiger partial charge in [0.25, 0.3) is 0 Å². The normalized spacial score (nSPS) is 11.2. The molecule has 0 aliphatic rings. The van der Waals surface area contributed by atoms with Crippen molar-refractivity contribution in [3.63, 3.8) is 0 Å². The van der Waals surface area contributed by atoms with Crippen molar-refractivity contribution in [1.82, 2.24) is 4.98 Å². The molecule has 0 aliphatic carbocycles. The van der Waals surface area contributed by atoms with E-state index in [0.717, 1.165) is 6.54 Å². The Morgan fingerprint density at radius 3 is 2.20 bits per heavy atom. The van der Waals surface area contributed by atoms with E-state index in [-0.39, 0.29) is 0 Å². The third-order valence-electron chi connectivity index (χ3n) is 4.08. The average molecular weight is 272 g/mol. The maximum atomic E-state index is 5.49. The number of rotatable bonds is 10. The zero-order chi connectivity index (χ0) is 14.0. The second-order valence-corrected chi connectivity index (χ2v) is 5.73. The van der Waals surface area contributed by atoms with Gasteiger partial charge >= 0.3 is 0 Å². The molecule has 3 N–H and O–H groups in total.